The number of nitrogens with zero attached hydrogens (tertiary/aromatic N) is 1. The lowest BCUT2D eigenvalue weighted by Gasteiger charge is -2.15. The Kier molecular flexibility index (Phi) is 4.86. The molecule has 96 valence electrons. The van der Waals surface area contributed by atoms with Crippen LogP contribution in [-0.2, 0) is 4.74 Å². The molecule has 1 aliphatic heterocycles. The number of rotatable bonds is 5. The predicted molar refractivity (Wildman–Crippen MR) is 70.2 cm³/mol. The fourth-order valence-electron chi connectivity index (χ4n) is 1.92. The van der Waals surface area contributed by atoms with Gasteiger partial charge in [0.2, 0.25) is 0 Å². The molecule has 0 spiro atoms. The van der Waals surface area contributed by atoms with Gasteiger partial charge in [-0.15, -0.1) is 0 Å². The molecule has 0 unspecified atom stereocenters. The summed E-state index contributed by atoms with van der Waals surface area (Å²) in [7, 11) is 1.83. The fourth-order valence-corrected chi connectivity index (χ4v) is 1.92. The van der Waals surface area contributed by atoms with Crippen LogP contribution >= 0.6 is 0 Å². The van der Waals surface area contributed by atoms with Crippen molar-refractivity contribution in [1.29, 1.82) is 0 Å². The van der Waals surface area contributed by atoms with Crippen LogP contribution in [0.3, 0.4) is 0 Å². The van der Waals surface area contributed by atoms with Crippen molar-refractivity contribution in [3.8, 4) is 0 Å². The summed E-state index contributed by atoms with van der Waals surface area (Å²) in [6, 6.07) is 0. The minimum Gasteiger partial charge on any atom is -0.377 e. The van der Waals surface area contributed by atoms with E-state index in [9.17, 15) is 0 Å². The Labute approximate surface area is 104 Å². The van der Waals surface area contributed by atoms with Crippen molar-refractivity contribution < 1.29 is 4.74 Å². The second kappa shape index (κ2) is 6.64. The molecule has 0 aromatic carbocycles. The smallest absolute Gasteiger partial charge is 0.190 e. The number of hydrogen-bond donors (Lipinski definition) is 2. The first kappa shape index (κ1) is 12.4. The van der Waals surface area contributed by atoms with Gasteiger partial charge in [0.25, 0.3) is 0 Å². The lowest BCUT2D eigenvalue weighted by Crippen LogP contribution is -2.38. The zero-order valence-corrected chi connectivity index (χ0v) is 10.7. The number of nitrogens with one attached hydrogen (secondary N) is 2. The van der Waals surface area contributed by atoms with Crippen molar-refractivity contribution in [2.24, 2.45) is 10.9 Å². The zero-order chi connectivity index (χ0) is 11.9. The number of guanidine groups is 1. The van der Waals surface area contributed by atoms with Gasteiger partial charge in [-0.2, -0.15) is 0 Å². The second-order valence-electron chi connectivity index (χ2n) is 4.76. The van der Waals surface area contributed by atoms with Crippen molar-refractivity contribution >= 4 is 5.96 Å². The maximum Gasteiger partial charge on any atom is 0.190 e. The molecule has 4 nitrogen and oxygen atoms in total. The third-order valence-corrected chi connectivity index (χ3v) is 3.27. The summed E-state index contributed by atoms with van der Waals surface area (Å²) in [4.78, 5) is 4.22. The van der Waals surface area contributed by atoms with Crippen molar-refractivity contribution in [3.05, 3.63) is 11.6 Å². The highest BCUT2D eigenvalue weighted by molar-refractivity contribution is 5.79. The van der Waals surface area contributed by atoms with Crippen LogP contribution in [-0.4, -0.2) is 39.3 Å². The Hall–Kier alpha value is -1.03. The molecule has 4 heteroatoms. The summed E-state index contributed by atoms with van der Waals surface area (Å²) in [5.74, 6) is 1.82. The van der Waals surface area contributed by atoms with E-state index in [0.29, 0.717) is 0 Å². The largest absolute Gasteiger partial charge is 0.377 e. The van der Waals surface area contributed by atoms with E-state index in [1.165, 1.54) is 18.4 Å². The molecule has 0 amide bonds. The van der Waals surface area contributed by atoms with E-state index < -0.39 is 0 Å². The Morgan fingerprint density at radius 2 is 2.35 bits per heavy atom. The third kappa shape index (κ3) is 4.77. The predicted octanol–water partition coefficient (Wildman–Crippen LogP) is 1.30. The van der Waals surface area contributed by atoms with Crippen molar-refractivity contribution in [2.75, 3.05) is 33.4 Å². The maximum atomic E-state index is 5.29. The highest BCUT2D eigenvalue weighted by Crippen LogP contribution is 2.27. The molecular formula is C13H23N3O. The van der Waals surface area contributed by atoms with Gasteiger partial charge in [-0.05, 0) is 31.6 Å². The second-order valence-corrected chi connectivity index (χ2v) is 4.76. The van der Waals surface area contributed by atoms with Gasteiger partial charge in [0.05, 0.1) is 13.2 Å². The molecule has 1 heterocycles. The average Bonchev–Trinajstić information content (AvgIpc) is 3.19. The van der Waals surface area contributed by atoms with Gasteiger partial charge in [-0.1, -0.05) is 11.6 Å². The SMILES string of the molecule is CN=C(NCCC1=CCOCC1)NCC1CC1. The van der Waals surface area contributed by atoms with E-state index >= 15 is 0 Å². The van der Waals surface area contributed by atoms with E-state index in [1.54, 1.807) is 0 Å². The standard InChI is InChI=1S/C13H23N3O/c1-14-13(16-10-12-2-3-12)15-7-4-11-5-8-17-9-6-11/h5,12H,2-4,6-10H2,1H3,(H2,14,15,16). The van der Waals surface area contributed by atoms with Gasteiger partial charge in [-0.3, -0.25) is 4.99 Å². The van der Waals surface area contributed by atoms with Crippen LogP contribution < -0.4 is 10.6 Å². The van der Waals surface area contributed by atoms with Gasteiger partial charge in [0.1, 0.15) is 0 Å². The van der Waals surface area contributed by atoms with Crippen molar-refractivity contribution in [2.45, 2.75) is 25.7 Å². The lowest BCUT2D eigenvalue weighted by atomic mass is 10.1. The van der Waals surface area contributed by atoms with E-state index in [0.717, 1.165) is 51.0 Å². The average molecular weight is 237 g/mol. The maximum absolute atomic E-state index is 5.29. The van der Waals surface area contributed by atoms with Crippen LogP contribution in [0.1, 0.15) is 25.7 Å². The van der Waals surface area contributed by atoms with Gasteiger partial charge < -0.3 is 15.4 Å². The summed E-state index contributed by atoms with van der Waals surface area (Å²) in [5, 5.41) is 6.72. The highest BCUT2D eigenvalue weighted by atomic mass is 16.5. The minimum absolute atomic E-state index is 0.782. The van der Waals surface area contributed by atoms with E-state index in [2.05, 4.69) is 21.7 Å². The molecule has 1 saturated carbocycles. The molecule has 2 aliphatic rings. The normalized spacial score (nSPS) is 21.0. The van der Waals surface area contributed by atoms with Gasteiger partial charge in [0, 0.05) is 20.1 Å². The molecule has 0 radical (unpaired) electrons. The van der Waals surface area contributed by atoms with Crippen LogP contribution in [0.5, 0.6) is 0 Å². The van der Waals surface area contributed by atoms with Crippen LogP contribution in [0.4, 0.5) is 0 Å². The summed E-state index contributed by atoms with van der Waals surface area (Å²) in [6.07, 6.45) is 7.11. The topological polar surface area (TPSA) is 45.7 Å². The van der Waals surface area contributed by atoms with E-state index in [-0.39, 0.29) is 0 Å². The Morgan fingerprint density at radius 1 is 1.47 bits per heavy atom. The Balaban J connectivity index is 1.59. The van der Waals surface area contributed by atoms with Gasteiger partial charge >= 0.3 is 0 Å². The Bertz CT molecular complexity index is 295. The Morgan fingerprint density at radius 3 is 3.00 bits per heavy atom. The highest BCUT2D eigenvalue weighted by Gasteiger charge is 2.20. The number of hydrogen-bond acceptors (Lipinski definition) is 2. The summed E-state index contributed by atoms with van der Waals surface area (Å²) in [5.41, 5.74) is 1.50. The zero-order valence-electron chi connectivity index (χ0n) is 10.7. The molecule has 0 saturated heterocycles. The number of aliphatic imine (C=N–C) groups is 1. The van der Waals surface area contributed by atoms with Crippen LogP contribution in [0.25, 0.3) is 0 Å². The molecule has 0 atom stereocenters. The lowest BCUT2D eigenvalue weighted by molar-refractivity contribution is 0.153. The molecule has 0 bridgehead atoms. The monoisotopic (exact) mass is 237 g/mol. The molecular weight excluding hydrogens is 214 g/mol. The minimum atomic E-state index is 0.782. The molecule has 0 aromatic heterocycles. The number of ether oxygens (including phenoxy) is 1. The molecule has 2 N–H and O–H groups in total. The first-order valence-electron chi connectivity index (χ1n) is 6.58. The summed E-state index contributed by atoms with van der Waals surface area (Å²) in [6.45, 7) is 3.68. The molecule has 2 rings (SSSR count). The molecule has 0 aromatic rings. The summed E-state index contributed by atoms with van der Waals surface area (Å²) < 4.78 is 5.29. The third-order valence-electron chi connectivity index (χ3n) is 3.27. The fraction of sp³-hybridized carbons (Fsp3) is 0.769. The van der Waals surface area contributed by atoms with Gasteiger partial charge in [-0.25, -0.2) is 0 Å². The quantitative estimate of drug-likeness (QED) is 0.430. The first-order chi connectivity index (χ1) is 8.38. The van der Waals surface area contributed by atoms with E-state index in [4.69, 9.17) is 4.74 Å². The first-order valence-corrected chi connectivity index (χ1v) is 6.58. The van der Waals surface area contributed by atoms with Crippen molar-refractivity contribution in [3.63, 3.8) is 0 Å². The molecule has 1 aliphatic carbocycles. The van der Waals surface area contributed by atoms with Gasteiger partial charge in [0.15, 0.2) is 5.96 Å². The van der Waals surface area contributed by atoms with Crippen LogP contribution in [0, 0.1) is 5.92 Å². The van der Waals surface area contributed by atoms with E-state index in [1.807, 2.05) is 7.05 Å². The molecule has 1 fully saturated rings. The molecule has 17 heavy (non-hydrogen) atoms. The van der Waals surface area contributed by atoms with Crippen molar-refractivity contribution in [1.82, 2.24) is 10.6 Å². The van der Waals surface area contributed by atoms with Crippen LogP contribution in [0.15, 0.2) is 16.6 Å². The van der Waals surface area contributed by atoms with Crippen LogP contribution in [0.2, 0.25) is 0 Å². The summed E-state index contributed by atoms with van der Waals surface area (Å²) >= 11 is 0.